The number of aryl methyl sites for hydroxylation is 2. The molecule has 3 rings (SSSR count). The van der Waals surface area contributed by atoms with E-state index in [2.05, 4.69) is 5.10 Å². The minimum atomic E-state index is -1.23. The first kappa shape index (κ1) is 16.6. The van der Waals surface area contributed by atoms with E-state index in [0.29, 0.717) is 19.5 Å². The van der Waals surface area contributed by atoms with E-state index in [1.807, 2.05) is 24.8 Å². The second-order valence-electron chi connectivity index (χ2n) is 6.53. The number of carbonyl (C=O) groups is 1. The van der Waals surface area contributed by atoms with E-state index in [9.17, 15) is 14.3 Å². The van der Waals surface area contributed by atoms with Gasteiger partial charge >= 0.3 is 5.97 Å². The molecule has 2 heterocycles. The number of nitrogens with zero attached hydrogens (tertiary/aromatic N) is 3. The molecule has 1 aromatic heterocycles. The zero-order chi connectivity index (χ0) is 17.5. The van der Waals surface area contributed by atoms with Crippen molar-refractivity contribution < 1.29 is 14.3 Å². The van der Waals surface area contributed by atoms with Crippen molar-refractivity contribution in [3.63, 3.8) is 0 Å². The van der Waals surface area contributed by atoms with Crippen LogP contribution in [0, 0.1) is 19.7 Å². The zero-order valence-electron chi connectivity index (χ0n) is 13.8. The standard InChI is InChI=1S/C17H21FN4O2/c1-11-7-12(2)22(20-11)15-4-3-14(18)8-13(15)9-21-6-5-17(19,10-21)16(23)24/h3-4,7-8H,5-6,9-10,19H2,1-2H3,(H,23,24). The van der Waals surface area contributed by atoms with Crippen LogP contribution in [0.3, 0.4) is 0 Å². The monoisotopic (exact) mass is 332 g/mol. The Morgan fingerprint density at radius 3 is 2.75 bits per heavy atom. The summed E-state index contributed by atoms with van der Waals surface area (Å²) in [6.07, 6.45) is 0.382. The fourth-order valence-corrected chi connectivity index (χ4v) is 3.23. The topological polar surface area (TPSA) is 84.4 Å². The number of carboxylic acid groups (broad SMARTS) is 1. The first-order valence-electron chi connectivity index (χ1n) is 7.85. The summed E-state index contributed by atoms with van der Waals surface area (Å²) >= 11 is 0. The Kier molecular flexibility index (Phi) is 4.15. The molecule has 7 heteroatoms. The van der Waals surface area contributed by atoms with Gasteiger partial charge in [0.25, 0.3) is 0 Å². The highest BCUT2D eigenvalue weighted by atomic mass is 19.1. The smallest absolute Gasteiger partial charge is 0.325 e. The van der Waals surface area contributed by atoms with Crippen LogP contribution in [0.4, 0.5) is 4.39 Å². The van der Waals surface area contributed by atoms with E-state index < -0.39 is 11.5 Å². The molecule has 2 aromatic rings. The zero-order valence-corrected chi connectivity index (χ0v) is 13.8. The SMILES string of the molecule is Cc1cc(C)n(-c2ccc(F)cc2CN2CCC(N)(C(=O)O)C2)n1. The number of likely N-dealkylation sites (tertiary alicyclic amines) is 1. The second-order valence-corrected chi connectivity index (χ2v) is 6.53. The molecule has 1 aliphatic rings. The predicted octanol–water partition coefficient (Wildman–Crippen LogP) is 1.62. The van der Waals surface area contributed by atoms with Crippen LogP contribution in [0.2, 0.25) is 0 Å². The molecule has 0 radical (unpaired) electrons. The average Bonchev–Trinajstić information content (AvgIpc) is 3.03. The third kappa shape index (κ3) is 3.05. The third-order valence-electron chi connectivity index (χ3n) is 4.48. The highest BCUT2D eigenvalue weighted by Crippen LogP contribution is 2.25. The lowest BCUT2D eigenvalue weighted by molar-refractivity contribution is -0.142. The summed E-state index contributed by atoms with van der Waals surface area (Å²) in [5.74, 6) is -1.32. The first-order valence-corrected chi connectivity index (χ1v) is 7.85. The minimum absolute atomic E-state index is 0.245. The molecule has 0 saturated carbocycles. The van der Waals surface area contributed by atoms with Gasteiger partial charge in [-0.3, -0.25) is 9.69 Å². The molecular weight excluding hydrogens is 311 g/mol. The number of halogens is 1. The highest BCUT2D eigenvalue weighted by Gasteiger charge is 2.41. The summed E-state index contributed by atoms with van der Waals surface area (Å²) < 4.78 is 15.5. The maximum atomic E-state index is 13.8. The first-order chi connectivity index (χ1) is 11.3. The fourth-order valence-electron chi connectivity index (χ4n) is 3.23. The van der Waals surface area contributed by atoms with Gasteiger partial charge in [-0.2, -0.15) is 5.10 Å². The van der Waals surface area contributed by atoms with Crippen molar-refractivity contribution in [2.45, 2.75) is 32.4 Å². The van der Waals surface area contributed by atoms with Crippen LogP contribution in [-0.2, 0) is 11.3 Å². The number of carboxylic acids is 1. The van der Waals surface area contributed by atoms with Crippen LogP contribution in [0.5, 0.6) is 0 Å². The lowest BCUT2D eigenvalue weighted by Gasteiger charge is -2.21. The predicted molar refractivity (Wildman–Crippen MR) is 87.4 cm³/mol. The average molecular weight is 332 g/mol. The Balaban J connectivity index is 1.90. The summed E-state index contributed by atoms with van der Waals surface area (Å²) in [6.45, 7) is 5.09. The number of nitrogens with two attached hydrogens (primary N) is 1. The van der Waals surface area contributed by atoms with Gasteiger partial charge in [0.15, 0.2) is 0 Å². The molecule has 1 aliphatic heterocycles. The number of hydrogen-bond donors (Lipinski definition) is 2. The van der Waals surface area contributed by atoms with Gasteiger partial charge in [0.05, 0.1) is 11.4 Å². The minimum Gasteiger partial charge on any atom is -0.480 e. The molecule has 1 fully saturated rings. The normalized spacial score (nSPS) is 21.3. The van der Waals surface area contributed by atoms with E-state index in [1.54, 1.807) is 10.7 Å². The quantitative estimate of drug-likeness (QED) is 0.889. The molecular formula is C17H21FN4O2. The van der Waals surface area contributed by atoms with Crippen LogP contribution in [-0.4, -0.2) is 44.4 Å². The van der Waals surface area contributed by atoms with Gasteiger partial charge in [0.1, 0.15) is 11.4 Å². The lowest BCUT2D eigenvalue weighted by atomic mass is 10.0. The van der Waals surface area contributed by atoms with Gasteiger partial charge in [-0.1, -0.05) is 0 Å². The fraction of sp³-hybridized carbons (Fsp3) is 0.412. The molecule has 0 amide bonds. The largest absolute Gasteiger partial charge is 0.480 e. The summed E-state index contributed by atoms with van der Waals surface area (Å²) in [6, 6.07) is 6.54. The van der Waals surface area contributed by atoms with Crippen molar-refractivity contribution >= 4 is 5.97 Å². The van der Waals surface area contributed by atoms with Crippen molar-refractivity contribution in [3.05, 3.63) is 47.0 Å². The van der Waals surface area contributed by atoms with E-state index >= 15 is 0 Å². The number of benzene rings is 1. The highest BCUT2D eigenvalue weighted by molar-refractivity contribution is 5.79. The van der Waals surface area contributed by atoms with Gasteiger partial charge in [0.2, 0.25) is 0 Å². The summed E-state index contributed by atoms with van der Waals surface area (Å²) in [7, 11) is 0. The third-order valence-corrected chi connectivity index (χ3v) is 4.48. The van der Waals surface area contributed by atoms with Crippen LogP contribution in [0.25, 0.3) is 5.69 Å². The summed E-state index contributed by atoms with van der Waals surface area (Å²) in [5, 5.41) is 13.7. The van der Waals surface area contributed by atoms with E-state index in [0.717, 1.165) is 22.6 Å². The molecule has 6 nitrogen and oxygen atoms in total. The molecule has 128 valence electrons. The summed E-state index contributed by atoms with van der Waals surface area (Å²) in [4.78, 5) is 13.2. The van der Waals surface area contributed by atoms with Crippen LogP contribution >= 0.6 is 0 Å². The molecule has 1 unspecified atom stereocenters. The van der Waals surface area contributed by atoms with E-state index in [1.165, 1.54) is 12.1 Å². The summed E-state index contributed by atoms with van der Waals surface area (Å²) in [5.41, 5.74) is 8.09. The van der Waals surface area contributed by atoms with Crippen molar-refractivity contribution in [2.75, 3.05) is 13.1 Å². The number of hydrogen-bond acceptors (Lipinski definition) is 4. The Morgan fingerprint density at radius 1 is 1.42 bits per heavy atom. The van der Waals surface area contributed by atoms with Gasteiger partial charge in [-0.15, -0.1) is 0 Å². The molecule has 1 saturated heterocycles. The van der Waals surface area contributed by atoms with Gasteiger partial charge < -0.3 is 10.8 Å². The maximum absolute atomic E-state index is 13.8. The Morgan fingerprint density at radius 2 is 2.17 bits per heavy atom. The van der Waals surface area contributed by atoms with E-state index in [4.69, 9.17) is 5.73 Å². The number of rotatable bonds is 4. The van der Waals surface area contributed by atoms with Crippen molar-refractivity contribution in [1.82, 2.24) is 14.7 Å². The molecule has 24 heavy (non-hydrogen) atoms. The van der Waals surface area contributed by atoms with Crippen LogP contribution in [0.15, 0.2) is 24.3 Å². The van der Waals surface area contributed by atoms with Crippen molar-refractivity contribution in [3.8, 4) is 5.69 Å². The molecule has 0 spiro atoms. The molecule has 1 atom stereocenters. The van der Waals surface area contributed by atoms with Gasteiger partial charge in [0, 0.05) is 25.3 Å². The van der Waals surface area contributed by atoms with Crippen molar-refractivity contribution in [2.24, 2.45) is 5.73 Å². The second kappa shape index (κ2) is 5.99. The van der Waals surface area contributed by atoms with Crippen molar-refractivity contribution in [1.29, 1.82) is 0 Å². The van der Waals surface area contributed by atoms with Gasteiger partial charge in [-0.05, 0) is 50.1 Å². The maximum Gasteiger partial charge on any atom is 0.325 e. The Labute approximate surface area is 139 Å². The lowest BCUT2D eigenvalue weighted by Crippen LogP contribution is -2.50. The van der Waals surface area contributed by atoms with E-state index in [-0.39, 0.29) is 12.4 Å². The van der Waals surface area contributed by atoms with Crippen LogP contribution < -0.4 is 5.73 Å². The Bertz CT molecular complexity index is 789. The molecule has 0 aliphatic carbocycles. The molecule has 1 aromatic carbocycles. The van der Waals surface area contributed by atoms with Crippen LogP contribution in [0.1, 0.15) is 23.4 Å². The number of aromatic nitrogens is 2. The number of aliphatic carboxylic acids is 1. The molecule has 3 N–H and O–H groups in total. The van der Waals surface area contributed by atoms with Gasteiger partial charge in [-0.25, -0.2) is 9.07 Å². The Hall–Kier alpha value is -2.25. The molecule has 0 bridgehead atoms.